The van der Waals surface area contributed by atoms with Crippen molar-refractivity contribution in [1.82, 2.24) is 15.2 Å². The SMILES string of the molecule is COc1cc(-c2nncnc2N)cc(OC)c1OC. The number of rotatable bonds is 4. The van der Waals surface area contributed by atoms with E-state index in [1.165, 1.54) is 13.4 Å². The van der Waals surface area contributed by atoms with Crippen LogP contribution in [0.25, 0.3) is 11.3 Å². The van der Waals surface area contributed by atoms with Crippen molar-refractivity contribution in [3.05, 3.63) is 18.5 Å². The first-order chi connectivity index (χ1) is 9.21. The number of anilines is 1. The zero-order chi connectivity index (χ0) is 13.8. The summed E-state index contributed by atoms with van der Waals surface area (Å²) in [6.45, 7) is 0. The second kappa shape index (κ2) is 5.38. The fourth-order valence-corrected chi connectivity index (χ4v) is 1.71. The molecule has 100 valence electrons. The van der Waals surface area contributed by atoms with Crippen LogP contribution >= 0.6 is 0 Å². The number of ether oxygens (including phenoxy) is 3. The molecule has 2 rings (SSSR count). The Kier molecular flexibility index (Phi) is 3.65. The van der Waals surface area contributed by atoms with Crippen LogP contribution in [0.5, 0.6) is 17.2 Å². The third kappa shape index (κ3) is 2.35. The molecule has 0 unspecified atom stereocenters. The molecule has 0 amide bonds. The minimum atomic E-state index is 0.282. The highest BCUT2D eigenvalue weighted by molar-refractivity contribution is 5.74. The first kappa shape index (κ1) is 12.9. The van der Waals surface area contributed by atoms with E-state index in [4.69, 9.17) is 19.9 Å². The molecule has 0 spiro atoms. The zero-order valence-electron chi connectivity index (χ0n) is 10.9. The second-order valence-corrected chi connectivity index (χ2v) is 3.61. The van der Waals surface area contributed by atoms with E-state index < -0.39 is 0 Å². The number of nitrogen functional groups attached to an aromatic ring is 1. The standard InChI is InChI=1S/C12H14N4O3/c1-17-8-4-7(5-9(18-2)11(8)19-3)10-12(13)14-6-15-16-10/h4-6H,1-3H3,(H2,13,14,15). The third-order valence-electron chi connectivity index (χ3n) is 2.59. The van der Waals surface area contributed by atoms with E-state index in [0.29, 0.717) is 28.5 Å². The largest absolute Gasteiger partial charge is 0.493 e. The summed E-state index contributed by atoms with van der Waals surface area (Å²) in [5.74, 6) is 1.82. The summed E-state index contributed by atoms with van der Waals surface area (Å²) in [7, 11) is 4.62. The lowest BCUT2D eigenvalue weighted by Crippen LogP contribution is -2.00. The third-order valence-corrected chi connectivity index (χ3v) is 2.59. The normalized spacial score (nSPS) is 10.1. The van der Waals surface area contributed by atoms with Gasteiger partial charge in [-0.05, 0) is 12.1 Å². The predicted octanol–water partition coefficient (Wildman–Crippen LogP) is 1.15. The van der Waals surface area contributed by atoms with Crippen LogP contribution in [0.15, 0.2) is 18.5 Å². The van der Waals surface area contributed by atoms with E-state index in [0.717, 1.165) is 0 Å². The number of nitrogens with two attached hydrogens (primary N) is 1. The molecule has 0 bridgehead atoms. The van der Waals surface area contributed by atoms with E-state index in [9.17, 15) is 0 Å². The monoisotopic (exact) mass is 262 g/mol. The van der Waals surface area contributed by atoms with Crippen molar-refractivity contribution in [2.24, 2.45) is 0 Å². The van der Waals surface area contributed by atoms with Crippen molar-refractivity contribution in [2.75, 3.05) is 27.1 Å². The number of benzene rings is 1. The lowest BCUT2D eigenvalue weighted by atomic mass is 10.1. The molecule has 1 aromatic carbocycles. The lowest BCUT2D eigenvalue weighted by molar-refractivity contribution is 0.324. The van der Waals surface area contributed by atoms with Crippen LogP contribution in [-0.4, -0.2) is 36.5 Å². The van der Waals surface area contributed by atoms with Gasteiger partial charge in [-0.1, -0.05) is 0 Å². The summed E-state index contributed by atoms with van der Waals surface area (Å²) in [4.78, 5) is 3.90. The van der Waals surface area contributed by atoms with Gasteiger partial charge in [-0.2, -0.15) is 0 Å². The van der Waals surface area contributed by atoms with Gasteiger partial charge in [0.1, 0.15) is 12.0 Å². The van der Waals surface area contributed by atoms with Crippen LogP contribution in [0.1, 0.15) is 0 Å². The molecule has 1 heterocycles. The maximum absolute atomic E-state index is 5.78. The average molecular weight is 262 g/mol. The van der Waals surface area contributed by atoms with Crippen LogP contribution in [0.4, 0.5) is 5.82 Å². The van der Waals surface area contributed by atoms with E-state index >= 15 is 0 Å². The summed E-state index contributed by atoms with van der Waals surface area (Å²) >= 11 is 0. The summed E-state index contributed by atoms with van der Waals surface area (Å²) < 4.78 is 15.8. The van der Waals surface area contributed by atoms with Crippen LogP contribution < -0.4 is 19.9 Å². The minimum Gasteiger partial charge on any atom is -0.493 e. The molecule has 0 saturated carbocycles. The summed E-state index contributed by atoms with van der Waals surface area (Å²) in [6, 6.07) is 3.48. The molecule has 0 saturated heterocycles. The van der Waals surface area contributed by atoms with E-state index in [2.05, 4.69) is 15.2 Å². The predicted molar refractivity (Wildman–Crippen MR) is 69.3 cm³/mol. The summed E-state index contributed by atoms with van der Waals surface area (Å²) in [6.07, 6.45) is 1.29. The van der Waals surface area contributed by atoms with E-state index in [-0.39, 0.29) is 5.82 Å². The van der Waals surface area contributed by atoms with Crippen LogP contribution in [0, 0.1) is 0 Å². The first-order valence-corrected chi connectivity index (χ1v) is 5.44. The smallest absolute Gasteiger partial charge is 0.203 e. The van der Waals surface area contributed by atoms with Gasteiger partial charge < -0.3 is 19.9 Å². The highest BCUT2D eigenvalue weighted by Gasteiger charge is 2.16. The lowest BCUT2D eigenvalue weighted by Gasteiger charge is -2.14. The highest BCUT2D eigenvalue weighted by Crippen LogP contribution is 2.41. The summed E-state index contributed by atoms with van der Waals surface area (Å²) in [5.41, 5.74) is 6.93. The first-order valence-electron chi connectivity index (χ1n) is 5.44. The number of methoxy groups -OCH3 is 3. The Hall–Kier alpha value is -2.57. The molecular weight excluding hydrogens is 248 g/mol. The van der Waals surface area contributed by atoms with Crippen molar-refractivity contribution in [2.45, 2.75) is 0 Å². The molecule has 0 atom stereocenters. The Bertz CT molecular complexity index is 564. The number of aromatic nitrogens is 3. The van der Waals surface area contributed by atoms with Crippen LogP contribution in [0.3, 0.4) is 0 Å². The van der Waals surface area contributed by atoms with E-state index in [1.54, 1.807) is 26.4 Å². The van der Waals surface area contributed by atoms with Crippen molar-refractivity contribution in [1.29, 1.82) is 0 Å². The van der Waals surface area contributed by atoms with Gasteiger partial charge in [-0.3, -0.25) is 0 Å². The van der Waals surface area contributed by atoms with Gasteiger partial charge in [-0.25, -0.2) is 4.98 Å². The Morgan fingerprint density at radius 3 is 2.11 bits per heavy atom. The summed E-state index contributed by atoms with van der Waals surface area (Å²) in [5, 5.41) is 7.69. The van der Waals surface area contributed by atoms with Gasteiger partial charge in [0.15, 0.2) is 17.3 Å². The van der Waals surface area contributed by atoms with Crippen molar-refractivity contribution < 1.29 is 14.2 Å². The number of hydrogen-bond acceptors (Lipinski definition) is 7. The molecule has 19 heavy (non-hydrogen) atoms. The molecule has 0 fully saturated rings. The second-order valence-electron chi connectivity index (χ2n) is 3.61. The molecule has 0 aliphatic carbocycles. The molecular formula is C12H14N4O3. The molecule has 0 aliphatic rings. The maximum atomic E-state index is 5.78. The van der Waals surface area contributed by atoms with Gasteiger partial charge >= 0.3 is 0 Å². The Morgan fingerprint density at radius 1 is 1.00 bits per heavy atom. The molecule has 2 N–H and O–H groups in total. The fourth-order valence-electron chi connectivity index (χ4n) is 1.71. The maximum Gasteiger partial charge on any atom is 0.203 e. The molecule has 2 aromatic rings. The average Bonchev–Trinajstić information content (AvgIpc) is 2.46. The fraction of sp³-hybridized carbons (Fsp3) is 0.250. The minimum absolute atomic E-state index is 0.282. The quantitative estimate of drug-likeness (QED) is 0.883. The molecule has 0 aliphatic heterocycles. The molecule has 1 aromatic heterocycles. The zero-order valence-corrected chi connectivity index (χ0v) is 10.9. The van der Waals surface area contributed by atoms with Gasteiger partial charge in [-0.15, -0.1) is 10.2 Å². The van der Waals surface area contributed by atoms with Gasteiger partial charge in [0, 0.05) is 5.56 Å². The number of nitrogens with zero attached hydrogens (tertiary/aromatic N) is 3. The van der Waals surface area contributed by atoms with Crippen LogP contribution in [0.2, 0.25) is 0 Å². The van der Waals surface area contributed by atoms with Crippen molar-refractivity contribution >= 4 is 5.82 Å². The highest BCUT2D eigenvalue weighted by atomic mass is 16.5. The molecule has 7 heteroatoms. The Labute approximate surface area is 110 Å². The van der Waals surface area contributed by atoms with Crippen LogP contribution in [-0.2, 0) is 0 Å². The van der Waals surface area contributed by atoms with Crippen molar-refractivity contribution in [3.63, 3.8) is 0 Å². The van der Waals surface area contributed by atoms with Gasteiger partial charge in [0.05, 0.1) is 21.3 Å². The Balaban J connectivity index is 2.63. The number of hydrogen-bond donors (Lipinski definition) is 1. The van der Waals surface area contributed by atoms with E-state index in [1.807, 2.05) is 0 Å². The van der Waals surface area contributed by atoms with Gasteiger partial charge in [0.2, 0.25) is 5.75 Å². The topological polar surface area (TPSA) is 92.4 Å². The van der Waals surface area contributed by atoms with Gasteiger partial charge in [0.25, 0.3) is 0 Å². The van der Waals surface area contributed by atoms with Crippen molar-refractivity contribution in [3.8, 4) is 28.5 Å². The molecule has 7 nitrogen and oxygen atoms in total. The Morgan fingerprint density at radius 2 is 1.63 bits per heavy atom. The molecule has 0 radical (unpaired) electrons.